The molecule has 14 heavy (non-hydrogen) atoms. The van der Waals surface area contributed by atoms with E-state index in [0.717, 1.165) is 14.9 Å². The Morgan fingerprint density at radius 1 is 1.57 bits per heavy atom. The van der Waals surface area contributed by atoms with Crippen molar-refractivity contribution in [2.45, 2.75) is 12.5 Å². The lowest BCUT2D eigenvalue weighted by Crippen LogP contribution is -2.36. The minimum Gasteiger partial charge on any atom is -0.496 e. The standard InChI is InChI=1S/C10H14INO2/c1-10(12,6-13)7-3-4-8(11)9(5-7)14-2/h3-5,13H,6,12H2,1-2H3/t10-/m1/s1. The summed E-state index contributed by atoms with van der Waals surface area (Å²) in [5.41, 5.74) is 6.06. The minimum atomic E-state index is -0.711. The largest absolute Gasteiger partial charge is 0.496 e. The van der Waals surface area contributed by atoms with Crippen molar-refractivity contribution in [1.82, 2.24) is 0 Å². The van der Waals surface area contributed by atoms with Gasteiger partial charge in [0.25, 0.3) is 0 Å². The molecular weight excluding hydrogens is 293 g/mol. The van der Waals surface area contributed by atoms with E-state index in [4.69, 9.17) is 15.6 Å². The summed E-state index contributed by atoms with van der Waals surface area (Å²) >= 11 is 2.19. The molecule has 3 N–H and O–H groups in total. The number of aliphatic hydroxyl groups is 1. The summed E-state index contributed by atoms with van der Waals surface area (Å²) in [6.45, 7) is 1.70. The van der Waals surface area contributed by atoms with Gasteiger partial charge in [-0.1, -0.05) is 6.07 Å². The molecule has 0 unspecified atom stereocenters. The highest BCUT2D eigenvalue weighted by atomic mass is 127. The van der Waals surface area contributed by atoms with Crippen molar-refractivity contribution in [2.24, 2.45) is 5.73 Å². The molecule has 3 nitrogen and oxygen atoms in total. The van der Waals surface area contributed by atoms with E-state index in [1.807, 2.05) is 18.2 Å². The van der Waals surface area contributed by atoms with Crippen molar-refractivity contribution >= 4 is 22.6 Å². The van der Waals surface area contributed by atoms with Gasteiger partial charge in [-0.2, -0.15) is 0 Å². The van der Waals surface area contributed by atoms with E-state index in [0.29, 0.717) is 0 Å². The van der Waals surface area contributed by atoms with Crippen LogP contribution in [0.5, 0.6) is 5.75 Å². The highest BCUT2D eigenvalue weighted by molar-refractivity contribution is 14.1. The van der Waals surface area contributed by atoms with Crippen LogP contribution in [-0.2, 0) is 5.54 Å². The van der Waals surface area contributed by atoms with Gasteiger partial charge in [0.15, 0.2) is 0 Å². The van der Waals surface area contributed by atoms with Crippen molar-refractivity contribution in [3.63, 3.8) is 0 Å². The second-order valence-corrected chi connectivity index (χ2v) is 4.59. The highest BCUT2D eigenvalue weighted by Gasteiger charge is 2.20. The SMILES string of the molecule is COc1cc([C@](C)(N)CO)ccc1I. The maximum Gasteiger partial charge on any atom is 0.132 e. The first-order chi connectivity index (χ1) is 6.51. The molecule has 1 aromatic carbocycles. The van der Waals surface area contributed by atoms with Crippen LogP contribution in [-0.4, -0.2) is 18.8 Å². The van der Waals surface area contributed by atoms with Crippen LogP contribution in [0.15, 0.2) is 18.2 Å². The third kappa shape index (κ3) is 2.37. The first-order valence-electron chi connectivity index (χ1n) is 4.25. The topological polar surface area (TPSA) is 55.5 Å². The molecule has 4 heteroatoms. The normalized spacial score (nSPS) is 14.9. The quantitative estimate of drug-likeness (QED) is 0.832. The van der Waals surface area contributed by atoms with Crippen LogP contribution in [0.25, 0.3) is 0 Å². The second kappa shape index (κ2) is 4.46. The summed E-state index contributed by atoms with van der Waals surface area (Å²) in [4.78, 5) is 0. The van der Waals surface area contributed by atoms with Gasteiger partial charge in [-0.3, -0.25) is 0 Å². The summed E-state index contributed by atoms with van der Waals surface area (Å²) in [7, 11) is 1.62. The molecule has 0 saturated heterocycles. The molecule has 0 bridgehead atoms. The van der Waals surface area contributed by atoms with Crippen LogP contribution in [0.1, 0.15) is 12.5 Å². The fourth-order valence-corrected chi connectivity index (χ4v) is 1.66. The van der Waals surface area contributed by atoms with Crippen LogP contribution >= 0.6 is 22.6 Å². The number of hydrogen-bond donors (Lipinski definition) is 2. The van der Waals surface area contributed by atoms with E-state index in [9.17, 15) is 0 Å². The average molecular weight is 307 g/mol. The zero-order valence-electron chi connectivity index (χ0n) is 8.25. The number of aliphatic hydroxyl groups excluding tert-OH is 1. The Hall–Kier alpha value is -0.330. The van der Waals surface area contributed by atoms with Gasteiger partial charge < -0.3 is 15.6 Å². The van der Waals surface area contributed by atoms with Gasteiger partial charge >= 0.3 is 0 Å². The molecule has 0 aliphatic carbocycles. The number of methoxy groups -OCH3 is 1. The van der Waals surface area contributed by atoms with Crippen LogP contribution in [0.2, 0.25) is 0 Å². The molecule has 0 radical (unpaired) electrons. The van der Waals surface area contributed by atoms with E-state index >= 15 is 0 Å². The molecule has 0 fully saturated rings. The van der Waals surface area contributed by atoms with Crippen LogP contribution < -0.4 is 10.5 Å². The summed E-state index contributed by atoms with van der Waals surface area (Å²) in [6, 6.07) is 5.69. The zero-order valence-corrected chi connectivity index (χ0v) is 10.4. The zero-order chi connectivity index (χ0) is 10.8. The molecular formula is C10H14INO2. The number of benzene rings is 1. The van der Waals surface area contributed by atoms with E-state index in [1.165, 1.54) is 0 Å². The number of halogens is 1. The predicted octanol–water partition coefficient (Wildman–Crippen LogP) is 1.47. The lowest BCUT2D eigenvalue weighted by molar-refractivity contribution is 0.209. The molecule has 1 atom stereocenters. The number of nitrogens with two attached hydrogens (primary N) is 1. The lowest BCUT2D eigenvalue weighted by Gasteiger charge is -2.23. The predicted molar refractivity (Wildman–Crippen MR) is 64.3 cm³/mol. The van der Waals surface area contributed by atoms with Gasteiger partial charge in [0.2, 0.25) is 0 Å². The minimum absolute atomic E-state index is 0.0866. The third-order valence-electron chi connectivity index (χ3n) is 2.14. The monoisotopic (exact) mass is 307 g/mol. The second-order valence-electron chi connectivity index (χ2n) is 3.42. The Bertz CT molecular complexity index is 326. The van der Waals surface area contributed by atoms with E-state index in [1.54, 1.807) is 14.0 Å². The average Bonchev–Trinajstić information content (AvgIpc) is 2.18. The Morgan fingerprint density at radius 2 is 2.21 bits per heavy atom. The third-order valence-corrected chi connectivity index (χ3v) is 3.03. The van der Waals surface area contributed by atoms with Gasteiger partial charge in [-0.25, -0.2) is 0 Å². The molecule has 1 rings (SSSR count). The Kier molecular flexibility index (Phi) is 3.74. The smallest absolute Gasteiger partial charge is 0.132 e. The molecule has 0 spiro atoms. The summed E-state index contributed by atoms with van der Waals surface area (Å²) in [5, 5.41) is 9.11. The molecule has 0 saturated carbocycles. The Morgan fingerprint density at radius 3 is 2.71 bits per heavy atom. The fourth-order valence-electron chi connectivity index (χ4n) is 1.11. The van der Waals surface area contributed by atoms with Crippen LogP contribution in [0.3, 0.4) is 0 Å². The molecule has 0 aromatic heterocycles. The van der Waals surface area contributed by atoms with Gasteiger partial charge in [0.1, 0.15) is 5.75 Å². The summed E-state index contributed by atoms with van der Waals surface area (Å²) in [6.07, 6.45) is 0. The van der Waals surface area contributed by atoms with Crippen molar-refractivity contribution in [1.29, 1.82) is 0 Å². The number of rotatable bonds is 3. The maximum atomic E-state index is 9.11. The fraction of sp³-hybridized carbons (Fsp3) is 0.400. The van der Waals surface area contributed by atoms with E-state index in [2.05, 4.69) is 22.6 Å². The van der Waals surface area contributed by atoms with Crippen molar-refractivity contribution in [2.75, 3.05) is 13.7 Å². The molecule has 1 aromatic rings. The summed E-state index contributed by atoms with van der Waals surface area (Å²) in [5.74, 6) is 0.785. The van der Waals surface area contributed by atoms with Gasteiger partial charge in [-0.15, -0.1) is 0 Å². The van der Waals surface area contributed by atoms with Crippen LogP contribution in [0, 0.1) is 3.57 Å². The van der Waals surface area contributed by atoms with Crippen molar-refractivity contribution in [3.05, 3.63) is 27.3 Å². The van der Waals surface area contributed by atoms with Crippen LogP contribution in [0.4, 0.5) is 0 Å². The molecule has 0 heterocycles. The van der Waals surface area contributed by atoms with Gasteiger partial charge in [0.05, 0.1) is 22.8 Å². The van der Waals surface area contributed by atoms with Crippen molar-refractivity contribution < 1.29 is 9.84 Å². The highest BCUT2D eigenvalue weighted by Crippen LogP contribution is 2.26. The first kappa shape index (κ1) is 11.7. The van der Waals surface area contributed by atoms with E-state index < -0.39 is 5.54 Å². The van der Waals surface area contributed by atoms with Gasteiger partial charge in [-0.05, 0) is 47.2 Å². The Balaban J connectivity index is 3.12. The summed E-state index contributed by atoms with van der Waals surface area (Å²) < 4.78 is 6.21. The van der Waals surface area contributed by atoms with Crippen molar-refractivity contribution in [3.8, 4) is 5.75 Å². The number of ether oxygens (including phenoxy) is 1. The molecule has 0 amide bonds. The molecule has 0 aliphatic heterocycles. The van der Waals surface area contributed by atoms with Gasteiger partial charge in [0, 0.05) is 0 Å². The maximum absolute atomic E-state index is 9.11. The van der Waals surface area contributed by atoms with E-state index in [-0.39, 0.29) is 6.61 Å². The lowest BCUT2D eigenvalue weighted by atomic mass is 9.94. The molecule has 78 valence electrons. The number of hydrogen-bond acceptors (Lipinski definition) is 3. The molecule has 0 aliphatic rings. The Labute approximate surface area is 97.4 Å². The first-order valence-corrected chi connectivity index (χ1v) is 5.33.